The van der Waals surface area contributed by atoms with Crippen LogP contribution in [0.3, 0.4) is 0 Å². The zero-order valence-electron chi connectivity index (χ0n) is 17.2. The number of hydrogen-bond acceptors (Lipinski definition) is 6. The highest BCUT2D eigenvalue weighted by Crippen LogP contribution is 2.38. The summed E-state index contributed by atoms with van der Waals surface area (Å²) in [7, 11) is 3.36. The summed E-state index contributed by atoms with van der Waals surface area (Å²) in [6, 6.07) is 16.3. The molecule has 6 heteroatoms. The Kier molecular flexibility index (Phi) is 6.06. The average molecular weight is 398 g/mol. The van der Waals surface area contributed by atoms with Gasteiger partial charge >= 0.3 is 0 Å². The number of para-hydroxylation sites is 1. The molecule has 2 aliphatic rings. The van der Waals surface area contributed by atoms with Crippen LogP contribution in [-0.2, 0) is 5.60 Å². The van der Waals surface area contributed by atoms with Crippen LogP contribution in [0.25, 0.3) is 0 Å². The Hall–Kier alpha value is -2.12. The number of methoxy groups -OCH3 is 2. The van der Waals surface area contributed by atoms with Crippen molar-refractivity contribution in [3.05, 3.63) is 59.7 Å². The summed E-state index contributed by atoms with van der Waals surface area (Å²) in [5.41, 5.74) is 8.07. The number of hydrogen-bond donors (Lipinski definition) is 3. The molecule has 29 heavy (non-hydrogen) atoms. The third-order valence-electron chi connectivity index (χ3n) is 6.33. The number of likely N-dealkylation sites (tertiary alicyclic amines) is 1. The van der Waals surface area contributed by atoms with E-state index < -0.39 is 5.60 Å². The second-order valence-corrected chi connectivity index (χ2v) is 8.07. The third kappa shape index (κ3) is 4.26. The molecule has 6 nitrogen and oxygen atoms in total. The van der Waals surface area contributed by atoms with Crippen molar-refractivity contribution in [1.82, 2.24) is 15.8 Å². The molecule has 0 amide bonds. The van der Waals surface area contributed by atoms with Gasteiger partial charge in [-0.3, -0.25) is 5.43 Å². The number of rotatable bonds is 6. The normalized spacial score (nSPS) is 24.4. The van der Waals surface area contributed by atoms with Crippen molar-refractivity contribution in [2.24, 2.45) is 5.92 Å². The maximum absolute atomic E-state index is 11.3. The van der Waals surface area contributed by atoms with E-state index in [9.17, 15) is 5.11 Å². The fraction of sp³-hybridized carbons (Fsp3) is 0.478. The maximum atomic E-state index is 11.3. The van der Waals surface area contributed by atoms with Gasteiger partial charge in [0.15, 0.2) is 0 Å². The van der Waals surface area contributed by atoms with Crippen molar-refractivity contribution in [1.29, 1.82) is 0 Å². The van der Waals surface area contributed by atoms with Crippen LogP contribution in [0.2, 0.25) is 0 Å². The minimum absolute atomic E-state index is 0.250. The van der Waals surface area contributed by atoms with Gasteiger partial charge in [-0.25, -0.2) is 5.43 Å². The summed E-state index contributed by atoms with van der Waals surface area (Å²) in [4.78, 5) is 2.47. The lowest BCUT2D eigenvalue weighted by Crippen LogP contribution is -2.45. The molecule has 0 saturated carbocycles. The van der Waals surface area contributed by atoms with Crippen LogP contribution in [0.4, 0.5) is 0 Å². The molecular formula is C23H31N3O3. The maximum Gasteiger partial charge on any atom is 0.124 e. The lowest BCUT2D eigenvalue weighted by molar-refractivity contribution is -0.0303. The van der Waals surface area contributed by atoms with E-state index >= 15 is 0 Å². The van der Waals surface area contributed by atoms with Gasteiger partial charge in [-0.2, -0.15) is 0 Å². The van der Waals surface area contributed by atoms with Crippen LogP contribution in [0.1, 0.15) is 30.0 Å². The number of nitrogens with zero attached hydrogens (tertiary/aromatic N) is 1. The Labute approximate surface area is 172 Å². The summed E-state index contributed by atoms with van der Waals surface area (Å²) in [5, 5.41) is 11.3. The number of aliphatic hydroxyl groups is 1. The number of benzene rings is 2. The molecule has 2 aromatic rings. The summed E-state index contributed by atoms with van der Waals surface area (Å²) in [5.74, 6) is 2.11. The number of piperidine rings is 1. The fourth-order valence-electron chi connectivity index (χ4n) is 4.63. The first-order valence-electron chi connectivity index (χ1n) is 10.3. The van der Waals surface area contributed by atoms with E-state index in [-0.39, 0.29) is 6.04 Å². The molecule has 3 N–H and O–H groups in total. The highest BCUT2D eigenvalue weighted by atomic mass is 16.5. The number of ether oxygens (including phenoxy) is 2. The molecule has 4 rings (SSSR count). The molecule has 0 aliphatic carbocycles. The predicted octanol–water partition coefficient (Wildman–Crippen LogP) is 2.45. The highest BCUT2D eigenvalue weighted by Gasteiger charge is 2.38. The van der Waals surface area contributed by atoms with E-state index in [2.05, 4.69) is 27.9 Å². The van der Waals surface area contributed by atoms with Crippen LogP contribution in [0.15, 0.2) is 48.5 Å². The van der Waals surface area contributed by atoms with Gasteiger partial charge in [0, 0.05) is 37.7 Å². The molecule has 0 spiro atoms. The van der Waals surface area contributed by atoms with Gasteiger partial charge in [-0.1, -0.05) is 30.3 Å². The fourth-order valence-corrected chi connectivity index (χ4v) is 4.63. The van der Waals surface area contributed by atoms with Crippen LogP contribution in [0, 0.1) is 5.92 Å². The molecule has 2 saturated heterocycles. The summed E-state index contributed by atoms with van der Waals surface area (Å²) >= 11 is 0. The van der Waals surface area contributed by atoms with E-state index in [0.717, 1.165) is 43.2 Å². The first-order chi connectivity index (χ1) is 14.1. The largest absolute Gasteiger partial charge is 0.497 e. The highest BCUT2D eigenvalue weighted by molar-refractivity contribution is 5.38. The zero-order valence-corrected chi connectivity index (χ0v) is 17.2. The van der Waals surface area contributed by atoms with Crippen LogP contribution < -0.4 is 20.3 Å². The van der Waals surface area contributed by atoms with Gasteiger partial charge in [-0.05, 0) is 36.6 Å². The minimum atomic E-state index is -0.818. The SMILES string of the molecule is COc1cccc(C2NNCC2CN2CCC(O)(c3ccccc3OC)CC2)c1. The molecule has 2 unspecified atom stereocenters. The van der Waals surface area contributed by atoms with Gasteiger partial charge in [0.05, 0.1) is 25.9 Å². The molecule has 2 atom stereocenters. The summed E-state index contributed by atoms with van der Waals surface area (Å²) in [6.45, 7) is 3.66. The topological polar surface area (TPSA) is 66.0 Å². The van der Waals surface area contributed by atoms with Gasteiger partial charge in [-0.15, -0.1) is 0 Å². The smallest absolute Gasteiger partial charge is 0.124 e. The Balaban J connectivity index is 1.40. The molecular weight excluding hydrogens is 366 g/mol. The first-order valence-corrected chi connectivity index (χ1v) is 10.3. The van der Waals surface area contributed by atoms with E-state index in [1.165, 1.54) is 5.56 Å². The Morgan fingerprint density at radius 2 is 1.86 bits per heavy atom. The monoisotopic (exact) mass is 397 g/mol. The number of hydrazine groups is 1. The molecule has 0 bridgehead atoms. The van der Waals surface area contributed by atoms with Gasteiger partial charge in [0.1, 0.15) is 11.5 Å². The standard InChI is InChI=1S/C23H31N3O3/c1-28-19-7-5-6-17(14-19)22-18(15-24-25-22)16-26-12-10-23(27,11-13-26)20-8-3-4-9-21(20)29-2/h3-9,14,18,22,24-25,27H,10-13,15-16H2,1-2H3. The predicted molar refractivity (Wildman–Crippen MR) is 113 cm³/mol. The van der Waals surface area contributed by atoms with Gasteiger partial charge < -0.3 is 19.5 Å². The van der Waals surface area contributed by atoms with Crippen molar-refractivity contribution in [3.8, 4) is 11.5 Å². The van der Waals surface area contributed by atoms with Crippen molar-refractivity contribution in [2.45, 2.75) is 24.5 Å². The first kappa shape index (κ1) is 20.2. The summed E-state index contributed by atoms with van der Waals surface area (Å²) in [6.07, 6.45) is 1.43. The second kappa shape index (κ2) is 8.71. The van der Waals surface area contributed by atoms with Gasteiger partial charge in [0.25, 0.3) is 0 Å². The third-order valence-corrected chi connectivity index (χ3v) is 6.33. The molecule has 0 aromatic heterocycles. The average Bonchev–Trinajstić information content (AvgIpc) is 3.23. The molecule has 2 aromatic carbocycles. The van der Waals surface area contributed by atoms with E-state index in [1.54, 1.807) is 14.2 Å². The molecule has 0 radical (unpaired) electrons. The van der Waals surface area contributed by atoms with Gasteiger partial charge in [0.2, 0.25) is 0 Å². The van der Waals surface area contributed by atoms with Crippen molar-refractivity contribution >= 4 is 0 Å². The van der Waals surface area contributed by atoms with E-state index in [4.69, 9.17) is 9.47 Å². The lowest BCUT2D eigenvalue weighted by atomic mass is 9.83. The van der Waals surface area contributed by atoms with E-state index in [1.807, 2.05) is 36.4 Å². The number of nitrogens with one attached hydrogen (secondary N) is 2. The molecule has 156 valence electrons. The van der Waals surface area contributed by atoms with Crippen molar-refractivity contribution in [3.63, 3.8) is 0 Å². The molecule has 2 aliphatic heterocycles. The van der Waals surface area contributed by atoms with Crippen LogP contribution in [0.5, 0.6) is 11.5 Å². The van der Waals surface area contributed by atoms with Crippen molar-refractivity contribution < 1.29 is 14.6 Å². The second-order valence-electron chi connectivity index (χ2n) is 8.07. The summed E-state index contributed by atoms with van der Waals surface area (Å²) < 4.78 is 10.9. The molecule has 2 fully saturated rings. The lowest BCUT2D eigenvalue weighted by Gasteiger charge is -2.40. The van der Waals surface area contributed by atoms with Crippen LogP contribution >= 0.6 is 0 Å². The molecule has 2 heterocycles. The van der Waals surface area contributed by atoms with E-state index in [0.29, 0.717) is 18.8 Å². The Bertz CT molecular complexity index is 821. The minimum Gasteiger partial charge on any atom is -0.497 e. The quantitative estimate of drug-likeness (QED) is 0.696. The Morgan fingerprint density at radius 3 is 2.62 bits per heavy atom. The zero-order chi connectivity index (χ0) is 20.3. The van der Waals surface area contributed by atoms with Crippen LogP contribution in [-0.4, -0.2) is 50.4 Å². The van der Waals surface area contributed by atoms with Crippen molar-refractivity contribution in [2.75, 3.05) is 40.4 Å². The Morgan fingerprint density at radius 1 is 1.07 bits per heavy atom.